The van der Waals surface area contributed by atoms with Gasteiger partial charge in [0.1, 0.15) is 13.2 Å². The summed E-state index contributed by atoms with van der Waals surface area (Å²) in [7, 11) is 0. The number of hydrogen-bond acceptors (Lipinski definition) is 6. The Hall–Kier alpha value is -2.63. The Morgan fingerprint density at radius 1 is 0.308 bits per heavy atom. The molecule has 0 amide bonds. The normalized spacial score (nSPS) is 12.4. The lowest BCUT2D eigenvalue weighted by atomic mass is 10.1. The van der Waals surface area contributed by atoms with Crippen molar-refractivity contribution in [2.45, 2.75) is 297 Å². The molecule has 0 unspecified atom stereocenters. The Balaban J connectivity index is 4.40. The standard InChI is InChI=1S/C59H106O6/c1-4-7-10-13-16-19-22-25-28-29-32-34-37-40-43-46-49-52-58(61)64-55-56(65-59(62)53-50-47-44-41-38-35-31-27-24-21-18-15-12-9-6-3)54-63-57(60)51-48-45-42-39-36-33-30-26-23-20-17-14-11-8-5-2/h16,19,25-28,30-31,56H,4-15,17-18,20-24,29,32-55H2,1-3H3/t56-/m1/s1. The van der Waals surface area contributed by atoms with Crippen LogP contribution in [0.1, 0.15) is 290 Å². The van der Waals surface area contributed by atoms with Crippen molar-refractivity contribution >= 4 is 17.9 Å². The van der Waals surface area contributed by atoms with Crippen molar-refractivity contribution in [1.82, 2.24) is 0 Å². The number of carbonyl (C=O) groups excluding carboxylic acids is 3. The summed E-state index contributed by atoms with van der Waals surface area (Å²) in [6.45, 7) is 6.61. The van der Waals surface area contributed by atoms with Crippen LogP contribution >= 0.6 is 0 Å². The summed E-state index contributed by atoms with van der Waals surface area (Å²) in [6.07, 6.45) is 65.2. The Bertz CT molecular complexity index is 1140. The summed E-state index contributed by atoms with van der Waals surface area (Å²) >= 11 is 0. The van der Waals surface area contributed by atoms with Crippen molar-refractivity contribution < 1.29 is 28.6 Å². The summed E-state index contributed by atoms with van der Waals surface area (Å²) in [4.78, 5) is 38.1. The fraction of sp³-hybridized carbons (Fsp3) is 0.814. The number of unbranched alkanes of at least 4 members (excludes halogenated alkanes) is 32. The highest BCUT2D eigenvalue weighted by Gasteiger charge is 2.19. The summed E-state index contributed by atoms with van der Waals surface area (Å²) in [6, 6.07) is 0. The van der Waals surface area contributed by atoms with Gasteiger partial charge in [-0.05, 0) is 103 Å². The molecule has 378 valence electrons. The average molecular weight is 911 g/mol. The van der Waals surface area contributed by atoms with E-state index in [1.807, 2.05) is 0 Å². The second kappa shape index (κ2) is 54.0. The van der Waals surface area contributed by atoms with Gasteiger partial charge in [0.05, 0.1) is 0 Å². The molecule has 0 spiro atoms. The third-order valence-electron chi connectivity index (χ3n) is 12.3. The van der Waals surface area contributed by atoms with E-state index in [1.54, 1.807) is 0 Å². The molecule has 0 aliphatic heterocycles. The van der Waals surface area contributed by atoms with Gasteiger partial charge in [0.15, 0.2) is 6.10 Å². The lowest BCUT2D eigenvalue weighted by Gasteiger charge is -2.18. The van der Waals surface area contributed by atoms with E-state index < -0.39 is 6.10 Å². The molecule has 0 radical (unpaired) electrons. The van der Waals surface area contributed by atoms with Crippen molar-refractivity contribution in [2.24, 2.45) is 0 Å². The number of ether oxygens (including phenoxy) is 3. The molecule has 0 N–H and O–H groups in total. The van der Waals surface area contributed by atoms with Crippen molar-refractivity contribution in [2.75, 3.05) is 13.2 Å². The number of hydrogen-bond donors (Lipinski definition) is 0. The monoisotopic (exact) mass is 911 g/mol. The van der Waals surface area contributed by atoms with Crippen LogP contribution in [-0.4, -0.2) is 37.2 Å². The number of rotatable bonds is 51. The van der Waals surface area contributed by atoms with E-state index in [-0.39, 0.29) is 31.1 Å². The summed E-state index contributed by atoms with van der Waals surface area (Å²) < 4.78 is 16.8. The summed E-state index contributed by atoms with van der Waals surface area (Å²) in [5, 5.41) is 0. The number of allylic oxidation sites excluding steroid dienone is 8. The Morgan fingerprint density at radius 2 is 0.554 bits per heavy atom. The van der Waals surface area contributed by atoms with Gasteiger partial charge in [-0.15, -0.1) is 0 Å². The van der Waals surface area contributed by atoms with Gasteiger partial charge < -0.3 is 14.2 Å². The van der Waals surface area contributed by atoms with Crippen LogP contribution in [-0.2, 0) is 28.6 Å². The molecule has 1 atom stereocenters. The Morgan fingerprint density at radius 3 is 0.892 bits per heavy atom. The second-order valence-electron chi connectivity index (χ2n) is 18.8. The molecule has 0 aromatic rings. The van der Waals surface area contributed by atoms with Crippen LogP contribution in [0.15, 0.2) is 48.6 Å². The Labute approximate surface area is 403 Å². The smallest absolute Gasteiger partial charge is 0.306 e. The molecule has 0 aromatic heterocycles. The topological polar surface area (TPSA) is 78.9 Å². The lowest BCUT2D eigenvalue weighted by Crippen LogP contribution is -2.30. The zero-order chi connectivity index (χ0) is 47.2. The van der Waals surface area contributed by atoms with E-state index in [9.17, 15) is 14.4 Å². The molecule has 0 rings (SSSR count). The predicted molar refractivity (Wildman–Crippen MR) is 279 cm³/mol. The minimum absolute atomic E-state index is 0.0820. The highest BCUT2D eigenvalue weighted by molar-refractivity contribution is 5.71. The van der Waals surface area contributed by atoms with Crippen LogP contribution in [0.2, 0.25) is 0 Å². The van der Waals surface area contributed by atoms with Gasteiger partial charge >= 0.3 is 17.9 Å². The first-order valence-electron chi connectivity index (χ1n) is 28.1. The molecule has 0 bridgehead atoms. The number of esters is 3. The minimum Gasteiger partial charge on any atom is -0.462 e. The van der Waals surface area contributed by atoms with E-state index in [0.717, 1.165) is 89.9 Å². The van der Waals surface area contributed by atoms with E-state index in [0.29, 0.717) is 19.3 Å². The van der Waals surface area contributed by atoms with Crippen LogP contribution in [0.4, 0.5) is 0 Å². The maximum Gasteiger partial charge on any atom is 0.306 e. The van der Waals surface area contributed by atoms with Crippen molar-refractivity contribution in [1.29, 1.82) is 0 Å². The van der Waals surface area contributed by atoms with Gasteiger partial charge in [-0.25, -0.2) is 0 Å². The van der Waals surface area contributed by atoms with Crippen LogP contribution in [0.3, 0.4) is 0 Å². The zero-order valence-electron chi connectivity index (χ0n) is 43.3. The van der Waals surface area contributed by atoms with E-state index in [2.05, 4.69) is 69.4 Å². The maximum absolute atomic E-state index is 12.8. The Kier molecular flexibility index (Phi) is 51.8. The highest BCUT2D eigenvalue weighted by Crippen LogP contribution is 2.15. The van der Waals surface area contributed by atoms with Gasteiger partial charge in [0.2, 0.25) is 0 Å². The van der Waals surface area contributed by atoms with Crippen LogP contribution in [0, 0.1) is 0 Å². The summed E-state index contributed by atoms with van der Waals surface area (Å²) in [5.41, 5.74) is 0. The molecule has 0 heterocycles. The zero-order valence-corrected chi connectivity index (χ0v) is 43.3. The number of carbonyl (C=O) groups is 3. The van der Waals surface area contributed by atoms with Crippen LogP contribution < -0.4 is 0 Å². The molecule has 65 heavy (non-hydrogen) atoms. The first-order valence-corrected chi connectivity index (χ1v) is 28.1. The molecule has 0 aromatic carbocycles. The third-order valence-corrected chi connectivity index (χ3v) is 12.3. The fourth-order valence-corrected chi connectivity index (χ4v) is 7.99. The van der Waals surface area contributed by atoms with Gasteiger partial charge in [-0.3, -0.25) is 14.4 Å². The van der Waals surface area contributed by atoms with Gasteiger partial charge in [-0.1, -0.05) is 217 Å². The lowest BCUT2D eigenvalue weighted by molar-refractivity contribution is -0.167. The quantitative estimate of drug-likeness (QED) is 0.0262. The molecule has 6 nitrogen and oxygen atoms in total. The third kappa shape index (κ3) is 52.2. The molecule has 0 saturated carbocycles. The van der Waals surface area contributed by atoms with Crippen LogP contribution in [0.25, 0.3) is 0 Å². The van der Waals surface area contributed by atoms with E-state index in [1.165, 1.54) is 161 Å². The van der Waals surface area contributed by atoms with Crippen molar-refractivity contribution in [3.05, 3.63) is 48.6 Å². The van der Waals surface area contributed by atoms with E-state index >= 15 is 0 Å². The molecular formula is C59H106O6. The van der Waals surface area contributed by atoms with E-state index in [4.69, 9.17) is 14.2 Å². The molecular weight excluding hydrogens is 805 g/mol. The first kappa shape index (κ1) is 62.4. The second-order valence-corrected chi connectivity index (χ2v) is 18.8. The average Bonchev–Trinajstić information content (AvgIpc) is 3.30. The molecule has 0 aliphatic carbocycles. The summed E-state index contributed by atoms with van der Waals surface area (Å²) in [5.74, 6) is -0.895. The van der Waals surface area contributed by atoms with Crippen molar-refractivity contribution in [3.63, 3.8) is 0 Å². The maximum atomic E-state index is 12.8. The minimum atomic E-state index is -0.783. The van der Waals surface area contributed by atoms with Gasteiger partial charge in [0.25, 0.3) is 0 Å². The fourth-order valence-electron chi connectivity index (χ4n) is 7.99. The van der Waals surface area contributed by atoms with Gasteiger partial charge in [-0.2, -0.15) is 0 Å². The highest BCUT2D eigenvalue weighted by atomic mass is 16.6. The SMILES string of the molecule is CCCCCC=CCC=CCCCCCCCCCC(=O)OC[C@@H](COC(=O)CCCCCCCC=CCCCCCCCC)OC(=O)CCCCCCCC=CCCCCCCCC. The van der Waals surface area contributed by atoms with Crippen molar-refractivity contribution in [3.8, 4) is 0 Å². The molecule has 0 saturated heterocycles. The molecule has 6 heteroatoms. The predicted octanol–water partition coefficient (Wildman–Crippen LogP) is 18.7. The molecule has 0 aliphatic rings. The molecule has 0 fully saturated rings. The first-order chi connectivity index (χ1) is 32.0. The van der Waals surface area contributed by atoms with Gasteiger partial charge in [0, 0.05) is 19.3 Å². The van der Waals surface area contributed by atoms with Crippen LogP contribution in [0.5, 0.6) is 0 Å². The largest absolute Gasteiger partial charge is 0.462 e.